The Morgan fingerprint density at radius 1 is 1.14 bits per heavy atom. The number of hydrogen-bond acceptors (Lipinski definition) is 0. The lowest BCUT2D eigenvalue weighted by atomic mass is 10.2. The zero-order valence-corrected chi connectivity index (χ0v) is 10.8. The van der Waals surface area contributed by atoms with Crippen molar-refractivity contribution in [2.24, 2.45) is 0 Å². The molecule has 0 atom stereocenters. The lowest BCUT2D eigenvalue weighted by molar-refractivity contribution is -0.703. The first-order valence-corrected chi connectivity index (χ1v) is 5.29. The predicted octanol–water partition coefficient (Wildman–Crippen LogP) is -0.133. The van der Waals surface area contributed by atoms with Crippen LogP contribution < -0.4 is 21.5 Å². The van der Waals surface area contributed by atoms with E-state index in [-0.39, 0.29) is 17.0 Å². The highest BCUT2D eigenvalue weighted by molar-refractivity contribution is 4.93. The molecule has 0 amide bonds. The van der Waals surface area contributed by atoms with Crippen molar-refractivity contribution < 1.29 is 21.5 Å². The summed E-state index contributed by atoms with van der Waals surface area (Å²) >= 11 is 0. The second-order valence-electron chi connectivity index (χ2n) is 3.60. The number of hydrogen-bond donors (Lipinski definition) is 0. The molecule has 80 valence electrons. The number of nitrogens with zero attached hydrogens (tertiary/aromatic N) is 1. The maximum Gasteiger partial charge on any atom is 0.178 e. The summed E-state index contributed by atoms with van der Waals surface area (Å²) in [6, 6.07) is 6.37. The van der Waals surface area contributed by atoms with Crippen LogP contribution in [0, 0.1) is 6.92 Å². The first-order valence-electron chi connectivity index (χ1n) is 5.29. The third-order valence-corrected chi connectivity index (χ3v) is 2.42. The zero-order chi connectivity index (χ0) is 9.52. The molecular weight excluding hydrogens is 238 g/mol. The summed E-state index contributed by atoms with van der Waals surface area (Å²) in [4.78, 5) is 0. The smallest absolute Gasteiger partial charge is 0.178 e. The number of aromatic nitrogens is 1. The molecule has 0 saturated carbocycles. The molecule has 1 aromatic heterocycles. The average Bonchev–Trinajstić information content (AvgIpc) is 2.15. The van der Waals surface area contributed by atoms with Gasteiger partial charge in [0.05, 0.1) is 0 Å². The Kier molecular flexibility index (Phi) is 7.77. The summed E-state index contributed by atoms with van der Waals surface area (Å²) in [5.41, 5.74) is 1.36. The first kappa shape index (κ1) is 13.6. The van der Waals surface area contributed by atoms with Crippen molar-refractivity contribution >= 4 is 0 Å². The molecule has 0 saturated heterocycles. The van der Waals surface area contributed by atoms with Crippen LogP contribution in [0.1, 0.15) is 38.3 Å². The number of pyridine rings is 1. The number of rotatable bonds is 5. The maximum atomic E-state index is 2.33. The Hall–Kier alpha value is -0.370. The summed E-state index contributed by atoms with van der Waals surface area (Å²) < 4.78 is 2.33. The highest BCUT2D eigenvalue weighted by atomic mass is 79.9. The minimum atomic E-state index is 0. The molecule has 0 fully saturated rings. The van der Waals surface area contributed by atoms with Crippen LogP contribution in [0.4, 0.5) is 0 Å². The molecule has 1 aromatic rings. The Morgan fingerprint density at radius 2 is 1.93 bits per heavy atom. The van der Waals surface area contributed by atoms with Crippen LogP contribution in [-0.4, -0.2) is 0 Å². The minimum Gasteiger partial charge on any atom is -1.00 e. The molecule has 0 bridgehead atoms. The first-order chi connectivity index (χ1) is 6.34. The molecule has 0 aromatic carbocycles. The molecule has 1 nitrogen and oxygen atoms in total. The molecule has 0 radical (unpaired) electrons. The fraction of sp³-hybridized carbons (Fsp3) is 0.583. The van der Waals surface area contributed by atoms with Crippen LogP contribution >= 0.6 is 0 Å². The van der Waals surface area contributed by atoms with Gasteiger partial charge in [-0.2, -0.15) is 0 Å². The largest absolute Gasteiger partial charge is 1.00 e. The zero-order valence-electron chi connectivity index (χ0n) is 9.17. The molecule has 0 aliphatic rings. The highest BCUT2D eigenvalue weighted by Gasteiger charge is 2.02. The van der Waals surface area contributed by atoms with Crippen LogP contribution in [-0.2, 0) is 6.54 Å². The summed E-state index contributed by atoms with van der Waals surface area (Å²) in [5, 5.41) is 0. The third kappa shape index (κ3) is 4.75. The van der Waals surface area contributed by atoms with Gasteiger partial charge in [0.2, 0.25) is 0 Å². The normalized spacial score (nSPS) is 9.57. The number of aryl methyl sites for hydroxylation is 2. The fourth-order valence-electron chi connectivity index (χ4n) is 1.52. The number of halogens is 1. The Balaban J connectivity index is 0.00000169. The van der Waals surface area contributed by atoms with Crippen molar-refractivity contribution in [3.05, 3.63) is 30.1 Å². The van der Waals surface area contributed by atoms with E-state index in [1.807, 2.05) is 0 Å². The third-order valence-electron chi connectivity index (χ3n) is 2.42. The van der Waals surface area contributed by atoms with E-state index in [2.05, 4.69) is 42.8 Å². The van der Waals surface area contributed by atoms with E-state index in [1.54, 1.807) is 0 Å². The van der Waals surface area contributed by atoms with Gasteiger partial charge in [-0.25, -0.2) is 4.57 Å². The second kappa shape index (κ2) is 7.98. The van der Waals surface area contributed by atoms with Crippen molar-refractivity contribution in [3.63, 3.8) is 0 Å². The van der Waals surface area contributed by atoms with E-state index in [1.165, 1.54) is 37.9 Å². The highest BCUT2D eigenvalue weighted by Crippen LogP contribution is 1.99. The lowest BCUT2D eigenvalue weighted by Gasteiger charge is -1.99. The van der Waals surface area contributed by atoms with Crippen LogP contribution in [0.25, 0.3) is 0 Å². The summed E-state index contributed by atoms with van der Waals surface area (Å²) in [6.07, 6.45) is 7.52. The average molecular weight is 258 g/mol. The lowest BCUT2D eigenvalue weighted by Crippen LogP contribution is -3.00. The van der Waals surface area contributed by atoms with Crippen LogP contribution in [0.5, 0.6) is 0 Å². The molecule has 0 aliphatic heterocycles. The molecule has 2 heteroatoms. The standard InChI is InChI=1S/C12H20N.BrH/c1-3-4-5-7-10-13-11-8-6-9-12(13)2;/h6,8-9,11H,3-5,7,10H2,1-2H3;1H/q+1;/p-1. The Bertz CT molecular complexity index is 248. The van der Waals surface area contributed by atoms with Gasteiger partial charge in [-0.3, -0.25) is 0 Å². The van der Waals surface area contributed by atoms with Gasteiger partial charge in [-0.05, 0) is 6.42 Å². The van der Waals surface area contributed by atoms with Crippen LogP contribution in [0.15, 0.2) is 24.4 Å². The van der Waals surface area contributed by atoms with Gasteiger partial charge in [0, 0.05) is 25.5 Å². The molecule has 1 rings (SSSR count). The Morgan fingerprint density at radius 3 is 2.57 bits per heavy atom. The van der Waals surface area contributed by atoms with Gasteiger partial charge >= 0.3 is 0 Å². The summed E-state index contributed by atoms with van der Waals surface area (Å²) in [6.45, 7) is 5.59. The topological polar surface area (TPSA) is 3.88 Å². The van der Waals surface area contributed by atoms with E-state index >= 15 is 0 Å². The van der Waals surface area contributed by atoms with E-state index in [9.17, 15) is 0 Å². The van der Waals surface area contributed by atoms with Crippen molar-refractivity contribution in [2.75, 3.05) is 0 Å². The molecule has 14 heavy (non-hydrogen) atoms. The van der Waals surface area contributed by atoms with Crippen molar-refractivity contribution in [1.29, 1.82) is 0 Å². The SMILES string of the molecule is CCCCCC[n+]1ccccc1C.[Br-]. The summed E-state index contributed by atoms with van der Waals surface area (Å²) in [7, 11) is 0. The van der Waals surface area contributed by atoms with Crippen molar-refractivity contribution in [3.8, 4) is 0 Å². The summed E-state index contributed by atoms with van der Waals surface area (Å²) in [5.74, 6) is 0. The van der Waals surface area contributed by atoms with Gasteiger partial charge in [0.25, 0.3) is 0 Å². The molecule has 1 heterocycles. The van der Waals surface area contributed by atoms with E-state index in [0.29, 0.717) is 0 Å². The second-order valence-corrected chi connectivity index (χ2v) is 3.60. The van der Waals surface area contributed by atoms with Crippen LogP contribution in [0.2, 0.25) is 0 Å². The van der Waals surface area contributed by atoms with Crippen molar-refractivity contribution in [1.82, 2.24) is 0 Å². The van der Waals surface area contributed by atoms with E-state index in [4.69, 9.17) is 0 Å². The van der Waals surface area contributed by atoms with Gasteiger partial charge in [-0.15, -0.1) is 0 Å². The van der Waals surface area contributed by atoms with Gasteiger partial charge in [-0.1, -0.05) is 25.8 Å². The van der Waals surface area contributed by atoms with Gasteiger partial charge < -0.3 is 17.0 Å². The van der Waals surface area contributed by atoms with Crippen molar-refractivity contribution in [2.45, 2.75) is 46.1 Å². The van der Waals surface area contributed by atoms with Gasteiger partial charge in [0.15, 0.2) is 11.9 Å². The minimum absolute atomic E-state index is 0. The fourth-order valence-corrected chi connectivity index (χ4v) is 1.52. The van der Waals surface area contributed by atoms with E-state index < -0.39 is 0 Å². The van der Waals surface area contributed by atoms with E-state index in [0.717, 1.165) is 0 Å². The molecule has 0 N–H and O–H groups in total. The maximum absolute atomic E-state index is 2.33. The van der Waals surface area contributed by atoms with Crippen LogP contribution in [0.3, 0.4) is 0 Å². The Labute approximate surface area is 97.9 Å². The quantitative estimate of drug-likeness (QED) is 0.511. The molecular formula is C12H20BrN. The number of unbranched alkanes of at least 4 members (excludes halogenated alkanes) is 3. The monoisotopic (exact) mass is 257 g/mol. The molecule has 0 unspecified atom stereocenters. The molecule has 0 spiro atoms. The predicted molar refractivity (Wildman–Crippen MR) is 55.5 cm³/mol. The van der Waals surface area contributed by atoms with Gasteiger partial charge in [0.1, 0.15) is 6.54 Å². The molecule has 0 aliphatic carbocycles.